The molecule has 0 saturated carbocycles. The summed E-state index contributed by atoms with van der Waals surface area (Å²) in [7, 11) is -2.16. The van der Waals surface area contributed by atoms with Crippen LogP contribution in [0.15, 0.2) is 57.6 Å². The van der Waals surface area contributed by atoms with Gasteiger partial charge in [0.15, 0.2) is 0 Å². The second kappa shape index (κ2) is 6.09. The number of rotatable bonds is 3. The number of carbonyl (C=O) groups excluding carboxylic acids is 1. The fraction of sp³-hybridized carbons (Fsp3) is 0.200. The molecule has 0 atom stereocenters. The number of benzene rings is 1. The van der Waals surface area contributed by atoms with E-state index in [-0.39, 0.29) is 20.3 Å². The average Bonchev–Trinajstić information content (AvgIpc) is 3.15. The molecule has 0 unspecified atom stereocenters. The summed E-state index contributed by atoms with van der Waals surface area (Å²) in [6.45, 7) is 4.43. The summed E-state index contributed by atoms with van der Waals surface area (Å²) in [5.41, 5.74) is 2.88. The maximum absolute atomic E-state index is 12.1. The van der Waals surface area contributed by atoms with E-state index < -0.39 is 8.07 Å². The van der Waals surface area contributed by atoms with Crippen molar-refractivity contribution in [1.29, 1.82) is 0 Å². The van der Waals surface area contributed by atoms with E-state index in [4.69, 9.17) is 4.99 Å². The molecule has 25 heavy (non-hydrogen) atoms. The quantitative estimate of drug-likeness (QED) is 0.620. The fourth-order valence-electron chi connectivity index (χ4n) is 4.07. The molecule has 0 fully saturated rings. The van der Waals surface area contributed by atoms with Gasteiger partial charge in [-0.05, 0) is 0 Å². The van der Waals surface area contributed by atoms with Crippen LogP contribution in [0.5, 0.6) is 5.75 Å². The van der Waals surface area contributed by atoms with E-state index in [2.05, 4.69) is 30.9 Å². The van der Waals surface area contributed by atoms with Crippen molar-refractivity contribution in [2.45, 2.75) is 25.9 Å². The second-order valence-corrected chi connectivity index (χ2v) is 13.0. The van der Waals surface area contributed by atoms with E-state index in [1.54, 1.807) is 18.2 Å². The third-order valence-electron chi connectivity index (χ3n) is 5.34. The van der Waals surface area contributed by atoms with Crippen molar-refractivity contribution < 1.29 is 9.90 Å². The van der Waals surface area contributed by atoms with Crippen LogP contribution in [0.2, 0.25) is 12.1 Å². The van der Waals surface area contributed by atoms with Crippen molar-refractivity contribution in [1.82, 2.24) is 0 Å². The van der Waals surface area contributed by atoms with Crippen molar-refractivity contribution in [3.63, 3.8) is 0 Å². The maximum atomic E-state index is 12.1. The Bertz CT molecular complexity index is 950. The number of aliphatic imine (C=N–C) groups is 1. The SMILES string of the molecule is CC[Si]1(CC)C2=CC(=O)C=CC2=Nc2ccc(O)c(-c3ccc[se]3)c21. The van der Waals surface area contributed by atoms with E-state index in [1.807, 2.05) is 12.1 Å². The molecule has 2 heterocycles. The van der Waals surface area contributed by atoms with Gasteiger partial charge in [-0.2, -0.15) is 0 Å². The number of carbonyl (C=O) groups is 1. The van der Waals surface area contributed by atoms with E-state index >= 15 is 0 Å². The Morgan fingerprint density at radius 2 is 1.96 bits per heavy atom. The molecule has 0 amide bonds. The number of allylic oxidation sites excluding steroid dienone is 4. The summed E-state index contributed by atoms with van der Waals surface area (Å²) < 4.78 is 1.21. The molecule has 2 aromatic rings. The number of hydrogen-bond acceptors (Lipinski definition) is 3. The van der Waals surface area contributed by atoms with Crippen molar-refractivity contribution in [3.8, 4) is 15.8 Å². The first-order valence-corrected chi connectivity index (χ1v) is 12.8. The van der Waals surface area contributed by atoms with Gasteiger partial charge in [0.2, 0.25) is 0 Å². The molecule has 1 N–H and O–H groups in total. The molecule has 0 saturated heterocycles. The van der Waals surface area contributed by atoms with Gasteiger partial charge in [0.1, 0.15) is 0 Å². The van der Waals surface area contributed by atoms with Crippen LogP contribution in [-0.2, 0) is 4.79 Å². The van der Waals surface area contributed by atoms with Gasteiger partial charge in [0, 0.05) is 0 Å². The molecule has 5 heteroatoms. The number of ketones is 1. The average molecular weight is 412 g/mol. The normalized spacial score (nSPS) is 17.6. The van der Waals surface area contributed by atoms with Crippen LogP contribution >= 0.6 is 0 Å². The number of aromatic hydroxyl groups is 1. The topological polar surface area (TPSA) is 49.7 Å². The van der Waals surface area contributed by atoms with Gasteiger partial charge >= 0.3 is 154 Å². The van der Waals surface area contributed by atoms with Crippen LogP contribution in [0, 0.1) is 0 Å². The van der Waals surface area contributed by atoms with Gasteiger partial charge in [0.05, 0.1) is 0 Å². The Morgan fingerprint density at radius 1 is 1.16 bits per heavy atom. The Labute approximate surface area is 154 Å². The minimum atomic E-state index is -2.16. The van der Waals surface area contributed by atoms with Crippen LogP contribution in [0.25, 0.3) is 10.0 Å². The molecule has 126 valence electrons. The minimum absolute atomic E-state index is 0.0452. The number of phenolic OH excluding ortho intramolecular Hbond substituents is 1. The summed E-state index contributed by atoms with van der Waals surface area (Å²) >= 11 is 0.231. The predicted octanol–water partition coefficient (Wildman–Crippen LogP) is 3.50. The Balaban J connectivity index is 2.12. The number of nitrogens with zero attached hydrogens (tertiary/aromatic N) is 1. The standard InChI is InChI=1S/C20H19NO2SeSi/c1-3-25(4-2)18-12-13(22)7-8-14(18)21-15-9-10-16(23)19(20(15)25)17-6-5-11-24-17/h5-12,23H,3-4H2,1-2H3. The summed E-state index contributed by atoms with van der Waals surface area (Å²) in [4.78, 5) is 19.1. The first-order chi connectivity index (χ1) is 12.1. The number of fused-ring (bicyclic) bond motifs is 2. The van der Waals surface area contributed by atoms with Gasteiger partial charge < -0.3 is 0 Å². The molecule has 3 nitrogen and oxygen atoms in total. The molecular formula is C20H19NO2SeSi. The van der Waals surface area contributed by atoms with Crippen LogP contribution in [0.4, 0.5) is 5.69 Å². The summed E-state index contributed by atoms with van der Waals surface area (Å²) in [5, 5.41) is 13.1. The molecule has 2 aliphatic rings. The van der Waals surface area contributed by atoms with E-state index in [0.717, 1.165) is 34.2 Å². The van der Waals surface area contributed by atoms with Gasteiger partial charge in [-0.15, -0.1) is 0 Å². The van der Waals surface area contributed by atoms with Crippen LogP contribution in [0.1, 0.15) is 13.8 Å². The molecule has 4 rings (SSSR count). The zero-order chi connectivity index (χ0) is 17.6. The van der Waals surface area contributed by atoms with Crippen molar-refractivity contribution in [2.24, 2.45) is 4.99 Å². The number of hydrogen-bond donors (Lipinski definition) is 1. The van der Waals surface area contributed by atoms with E-state index in [9.17, 15) is 9.90 Å². The Kier molecular flexibility index (Phi) is 4.03. The third-order valence-corrected chi connectivity index (χ3v) is 12.5. The first kappa shape index (κ1) is 16.5. The molecule has 1 aliphatic heterocycles. The predicted molar refractivity (Wildman–Crippen MR) is 106 cm³/mol. The molecule has 1 aromatic carbocycles. The Hall–Kier alpha value is -1.94. The van der Waals surface area contributed by atoms with Crippen molar-refractivity contribution in [2.75, 3.05) is 0 Å². The molecule has 0 radical (unpaired) electrons. The van der Waals surface area contributed by atoms with Gasteiger partial charge in [-0.3, -0.25) is 0 Å². The van der Waals surface area contributed by atoms with E-state index in [1.165, 1.54) is 9.62 Å². The molecule has 1 aliphatic carbocycles. The van der Waals surface area contributed by atoms with E-state index in [0.29, 0.717) is 5.75 Å². The van der Waals surface area contributed by atoms with Crippen LogP contribution in [-0.4, -0.2) is 39.2 Å². The molecule has 0 bridgehead atoms. The summed E-state index contributed by atoms with van der Waals surface area (Å²) in [6, 6.07) is 9.87. The zero-order valence-electron chi connectivity index (χ0n) is 14.2. The fourth-order valence-corrected chi connectivity index (χ4v) is 10.6. The van der Waals surface area contributed by atoms with Crippen LogP contribution < -0.4 is 5.19 Å². The monoisotopic (exact) mass is 413 g/mol. The second-order valence-electron chi connectivity index (χ2n) is 6.41. The van der Waals surface area contributed by atoms with Crippen molar-refractivity contribution in [3.05, 3.63) is 52.6 Å². The molecule has 0 spiro atoms. The third kappa shape index (κ3) is 2.38. The van der Waals surface area contributed by atoms with Crippen molar-refractivity contribution >= 4 is 44.9 Å². The molecular weight excluding hydrogens is 393 g/mol. The van der Waals surface area contributed by atoms with Gasteiger partial charge in [-0.1, -0.05) is 0 Å². The first-order valence-electron chi connectivity index (χ1n) is 8.54. The van der Waals surface area contributed by atoms with Crippen LogP contribution in [0.3, 0.4) is 0 Å². The summed E-state index contributed by atoms with van der Waals surface area (Å²) in [5.74, 6) is 0.384. The summed E-state index contributed by atoms with van der Waals surface area (Å²) in [6.07, 6.45) is 5.26. The zero-order valence-corrected chi connectivity index (χ0v) is 17.0. The van der Waals surface area contributed by atoms with Gasteiger partial charge in [0.25, 0.3) is 0 Å². The van der Waals surface area contributed by atoms with Gasteiger partial charge in [-0.25, -0.2) is 0 Å². The Morgan fingerprint density at radius 3 is 2.64 bits per heavy atom. The number of phenols is 1. The molecule has 1 aromatic heterocycles.